The summed E-state index contributed by atoms with van der Waals surface area (Å²) in [6, 6.07) is 19.7. The molecule has 0 bridgehead atoms. The Morgan fingerprint density at radius 3 is 2.48 bits per heavy atom. The van der Waals surface area contributed by atoms with Gasteiger partial charge < -0.3 is 20.4 Å². The lowest BCUT2D eigenvalue weighted by molar-refractivity contribution is 0.0964. The fourth-order valence-corrected chi connectivity index (χ4v) is 5.53. The largest absolute Gasteiger partial charge is 0.455 e. The standard InChI is InChI=1S/C32H24F2N6O2/c1-36-31(41)28-20-13-19(25(39(2)3)15-27(20)42-30(28)16-7-9-17(33)10-8-16)22-11-12-23-29(37-22)26-14-18-21(34)5-4-6-24(18)40(26)32(35)38-23/h4-15H,1-3H3,(H2,35,38)(H,36,41). The van der Waals surface area contributed by atoms with Crippen LogP contribution in [0.4, 0.5) is 20.4 Å². The summed E-state index contributed by atoms with van der Waals surface area (Å²) in [5.41, 5.74) is 12.2. The molecule has 10 heteroatoms. The molecule has 3 aromatic carbocycles. The van der Waals surface area contributed by atoms with Gasteiger partial charge in [-0.3, -0.25) is 9.20 Å². The normalized spacial score (nSPS) is 11.6. The second-order valence-electron chi connectivity index (χ2n) is 10.2. The molecule has 0 saturated carbocycles. The number of nitrogens with one attached hydrogen (secondary N) is 1. The van der Waals surface area contributed by atoms with Crippen molar-refractivity contribution >= 4 is 56.0 Å². The maximum atomic E-state index is 14.7. The third-order valence-electron chi connectivity index (χ3n) is 7.50. The third-order valence-corrected chi connectivity index (χ3v) is 7.50. The molecule has 4 aromatic heterocycles. The van der Waals surface area contributed by atoms with Gasteiger partial charge in [0.1, 0.15) is 28.5 Å². The highest BCUT2D eigenvalue weighted by Crippen LogP contribution is 2.41. The minimum absolute atomic E-state index is 0.227. The summed E-state index contributed by atoms with van der Waals surface area (Å²) in [5.74, 6) is -0.531. The van der Waals surface area contributed by atoms with Crippen molar-refractivity contribution < 1.29 is 18.0 Å². The average Bonchev–Trinajstić information content (AvgIpc) is 3.57. The van der Waals surface area contributed by atoms with Crippen LogP contribution >= 0.6 is 0 Å². The first kappa shape index (κ1) is 25.5. The van der Waals surface area contributed by atoms with Crippen molar-refractivity contribution in [1.82, 2.24) is 19.7 Å². The number of anilines is 2. The van der Waals surface area contributed by atoms with Crippen LogP contribution in [0.2, 0.25) is 0 Å². The van der Waals surface area contributed by atoms with Crippen LogP contribution in [0.15, 0.2) is 77.2 Å². The Morgan fingerprint density at radius 1 is 0.952 bits per heavy atom. The molecule has 0 aliphatic rings. The van der Waals surface area contributed by atoms with Crippen molar-refractivity contribution in [2.24, 2.45) is 0 Å². The van der Waals surface area contributed by atoms with Crippen molar-refractivity contribution in [2.75, 3.05) is 31.8 Å². The molecule has 4 heterocycles. The smallest absolute Gasteiger partial charge is 0.255 e. The number of halogens is 2. The zero-order valence-electron chi connectivity index (χ0n) is 22.9. The van der Waals surface area contributed by atoms with E-state index in [1.165, 1.54) is 18.2 Å². The monoisotopic (exact) mass is 562 g/mol. The molecule has 7 aromatic rings. The zero-order chi connectivity index (χ0) is 29.3. The Balaban J connectivity index is 1.52. The molecule has 0 spiro atoms. The van der Waals surface area contributed by atoms with E-state index in [0.29, 0.717) is 61.0 Å². The van der Waals surface area contributed by atoms with E-state index < -0.39 is 0 Å². The number of benzene rings is 3. The molecule has 1 amide bonds. The van der Waals surface area contributed by atoms with Gasteiger partial charge in [-0.15, -0.1) is 0 Å². The van der Waals surface area contributed by atoms with E-state index in [0.717, 1.165) is 11.3 Å². The molecule has 208 valence electrons. The number of amides is 1. The number of aromatic nitrogens is 3. The van der Waals surface area contributed by atoms with E-state index in [1.54, 1.807) is 41.8 Å². The van der Waals surface area contributed by atoms with Crippen LogP contribution in [-0.2, 0) is 0 Å². The number of carbonyl (C=O) groups is 1. The van der Waals surface area contributed by atoms with Crippen molar-refractivity contribution in [3.63, 3.8) is 0 Å². The van der Waals surface area contributed by atoms with E-state index in [9.17, 15) is 13.6 Å². The van der Waals surface area contributed by atoms with E-state index >= 15 is 0 Å². The molecule has 8 nitrogen and oxygen atoms in total. The molecule has 0 fully saturated rings. The summed E-state index contributed by atoms with van der Waals surface area (Å²) in [6.45, 7) is 0. The first-order chi connectivity index (χ1) is 20.2. The van der Waals surface area contributed by atoms with Crippen LogP contribution in [0.1, 0.15) is 10.4 Å². The fraction of sp³-hybridized carbons (Fsp3) is 0.0938. The van der Waals surface area contributed by atoms with Gasteiger partial charge in [0.15, 0.2) is 0 Å². The summed E-state index contributed by atoms with van der Waals surface area (Å²) in [6.07, 6.45) is 0. The summed E-state index contributed by atoms with van der Waals surface area (Å²) in [5, 5.41) is 3.69. The van der Waals surface area contributed by atoms with Crippen LogP contribution in [0, 0.1) is 11.6 Å². The molecule has 0 aliphatic carbocycles. The maximum Gasteiger partial charge on any atom is 0.255 e. The Hall–Kier alpha value is -5.51. The van der Waals surface area contributed by atoms with Crippen LogP contribution in [0.25, 0.3) is 61.0 Å². The Morgan fingerprint density at radius 2 is 1.74 bits per heavy atom. The van der Waals surface area contributed by atoms with Gasteiger partial charge in [0.25, 0.3) is 5.91 Å². The van der Waals surface area contributed by atoms with Gasteiger partial charge in [0.05, 0.1) is 27.8 Å². The average molecular weight is 563 g/mol. The third kappa shape index (κ3) is 3.76. The number of rotatable bonds is 4. The SMILES string of the molecule is CNC(=O)c1c(-c2ccc(F)cc2)oc2cc(N(C)C)c(-c3ccc4nc(N)n5c6cccc(F)c6cc5c4n3)cc12. The van der Waals surface area contributed by atoms with Crippen molar-refractivity contribution in [3.05, 3.63) is 90.0 Å². The number of furan rings is 1. The van der Waals surface area contributed by atoms with E-state index in [4.69, 9.17) is 15.1 Å². The van der Waals surface area contributed by atoms with Gasteiger partial charge >= 0.3 is 0 Å². The molecule has 0 radical (unpaired) electrons. The molecule has 0 unspecified atom stereocenters. The Bertz CT molecular complexity index is 2220. The lowest BCUT2D eigenvalue weighted by Crippen LogP contribution is -2.18. The molecule has 3 N–H and O–H groups in total. The number of nitrogens with zero attached hydrogens (tertiary/aromatic N) is 4. The lowest BCUT2D eigenvalue weighted by atomic mass is 10.00. The predicted molar refractivity (Wildman–Crippen MR) is 161 cm³/mol. The van der Waals surface area contributed by atoms with Crippen LogP contribution < -0.4 is 16.0 Å². The van der Waals surface area contributed by atoms with Gasteiger partial charge in [-0.25, -0.2) is 18.7 Å². The van der Waals surface area contributed by atoms with Crippen molar-refractivity contribution in [3.8, 4) is 22.6 Å². The molecule has 7 rings (SSSR count). The second-order valence-corrected chi connectivity index (χ2v) is 10.2. The minimum Gasteiger partial charge on any atom is -0.455 e. The van der Waals surface area contributed by atoms with Crippen molar-refractivity contribution in [1.29, 1.82) is 0 Å². The minimum atomic E-state index is -0.389. The van der Waals surface area contributed by atoms with Gasteiger partial charge in [-0.1, -0.05) is 6.07 Å². The highest BCUT2D eigenvalue weighted by atomic mass is 19.1. The van der Waals surface area contributed by atoms with Gasteiger partial charge in [0.2, 0.25) is 5.95 Å². The molecule has 0 aliphatic heterocycles. The molecule has 0 atom stereocenters. The highest BCUT2D eigenvalue weighted by molar-refractivity contribution is 6.13. The first-order valence-corrected chi connectivity index (χ1v) is 13.2. The molecular formula is C32H24F2N6O2. The van der Waals surface area contributed by atoms with E-state index in [-0.39, 0.29) is 23.5 Å². The lowest BCUT2D eigenvalue weighted by Gasteiger charge is -2.18. The van der Waals surface area contributed by atoms with Crippen LogP contribution in [0.3, 0.4) is 0 Å². The van der Waals surface area contributed by atoms with E-state index in [2.05, 4.69) is 10.3 Å². The number of fused-ring (bicyclic) bond motifs is 6. The zero-order valence-corrected chi connectivity index (χ0v) is 22.9. The number of nitrogen functional groups attached to an aromatic ring is 1. The Kier molecular flexibility index (Phi) is 5.62. The topological polar surface area (TPSA) is 102 Å². The first-order valence-electron chi connectivity index (χ1n) is 13.2. The summed E-state index contributed by atoms with van der Waals surface area (Å²) in [4.78, 5) is 24.6. The summed E-state index contributed by atoms with van der Waals surface area (Å²) in [7, 11) is 5.35. The fourth-order valence-electron chi connectivity index (χ4n) is 5.53. The van der Waals surface area contributed by atoms with Gasteiger partial charge in [0, 0.05) is 54.8 Å². The molecular weight excluding hydrogens is 538 g/mol. The number of hydrogen-bond acceptors (Lipinski definition) is 6. The predicted octanol–water partition coefficient (Wildman–Crippen LogP) is 6.40. The number of carbonyl (C=O) groups excluding carboxylic acids is 1. The van der Waals surface area contributed by atoms with Crippen molar-refractivity contribution in [2.45, 2.75) is 0 Å². The van der Waals surface area contributed by atoms with Gasteiger partial charge in [-0.2, -0.15) is 0 Å². The van der Waals surface area contributed by atoms with Crippen LogP contribution in [-0.4, -0.2) is 41.4 Å². The molecule has 0 saturated heterocycles. The van der Waals surface area contributed by atoms with Crippen LogP contribution in [0.5, 0.6) is 0 Å². The highest BCUT2D eigenvalue weighted by Gasteiger charge is 2.24. The summed E-state index contributed by atoms with van der Waals surface area (Å²) >= 11 is 0. The maximum absolute atomic E-state index is 14.7. The molecule has 42 heavy (non-hydrogen) atoms. The van der Waals surface area contributed by atoms with E-state index in [1.807, 2.05) is 43.3 Å². The second kappa shape index (κ2) is 9.27. The summed E-state index contributed by atoms with van der Waals surface area (Å²) < 4.78 is 36.3. The number of hydrogen-bond donors (Lipinski definition) is 2. The Labute approximate surface area is 238 Å². The quantitative estimate of drug-likeness (QED) is 0.257. The number of nitrogens with two attached hydrogens (primary N) is 1. The van der Waals surface area contributed by atoms with Gasteiger partial charge in [-0.05, 0) is 60.7 Å². The number of pyridine rings is 1.